The second-order valence-corrected chi connectivity index (χ2v) is 4.58. The zero-order valence-corrected chi connectivity index (χ0v) is 10.2. The maximum absolute atomic E-state index is 7.88. The molecule has 0 bridgehead atoms. The number of nitrogens with zero attached hydrogens (tertiary/aromatic N) is 1. The van der Waals surface area contributed by atoms with Crippen molar-refractivity contribution in [1.82, 2.24) is 4.90 Å². The average Bonchev–Trinajstić information content (AvgIpc) is 2.11. The average molecular weight is 202 g/mol. The zero-order chi connectivity index (χ0) is 10.4. The van der Waals surface area contributed by atoms with Gasteiger partial charge in [0.25, 0.3) is 0 Å². The molecule has 1 N–H and O–H groups in total. The lowest BCUT2D eigenvalue weighted by atomic mass is 10.1. The van der Waals surface area contributed by atoms with Crippen molar-refractivity contribution in [2.45, 2.75) is 33.2 Å². The number of hydrogen-bond acceptors (Lipinski definition) is 2. The molecule has 0 aromatic carbocycles. The van der Waals surface area contributed by atoms with E-state index in [9.17, 15) is 0 Å². The molecule has 0 heterocycles. The molecule has 3 heteroatoms. The lowest BCUT2D eigenvalue weighted by Crippen LogP contribution is -2.40. The fourth-order valence-corrected chi connectivity index (χ4v) is 2.14. The summed E-state index contributed by atoms with van der Waals surface area (Å²) in [6.45, 7) is 6.33. The van der Waals surface area contributed by atoms with Crippen molar-refractivity contribution < 1.29 is 0 Å². The van der Waals surface area contributed by atoms with Crippen molar-refractivity contribution in [2.75, 3.05) is 19.1 Å². The van der Waals surface area contributed by atoms with Gasteiger partial charge >= 0.3 is 0 Å². The van der Waals surface area contributed by atoms with Crippen molar-refractivity contribution in [1.29, 1.82) is 5.41 Å². The molecule has 0 saturated carbocycles. The lowest BCUT2D eigenvalue weighted by molar-refractivity contribution is 0.368. The Morgan fingerprint density at radius 1 is 1.46 bits per heavy atom. The molecule has 0 aromatic rings. The predicted molar refractivity (Wildman–Crippen MR) is 62.8 cm³/mol. The molecular weight excluding hydrogens is 180 g/mol. The summed E-state index contributed by atoms with van der Waals surface area (Å²) < 4.78 is 0. The van der Waals surface area contributed by atoms with Crippen LogP contribution in [0.15, 0.2) is 0 Å². The molecule has 0 spiro atoms. The Morgan fingerprint density at radius 2 is 2.00 bits per heavy atom. The van der Waals surface area contributed by atoms with Crippen molar-refractivity contribution >= 4 is 17.6 Å². The molecule has 0 rings (SSSR count). The van der Waals surface area contributed by atoms with Crippen LogP contribution in [-0.4, -0.2) is 35.8 Å². The normalized spacial score (nSPS) is 13.1. The van der Waals surface area contributed by atoms with Gasteiger partial charge in [0.05, 0.1) is 5.84 Å². The summed E-state index contributed by atoms with van der Waals surface area (Å²) in [4.78, 5) is 2.11. The molecule has 2 nitrogen and oxygen atoms in total. The molecule has 1 atom stereocenters. The number of nitrogens with one attached hydrogen (secondary N) is 1. The van der Waals surface area contributed by atoms with Crippen LogP contribution in [0.2, 0.25) is 0 Å². The van der Waals surface area contributed by atoms with E-state index in [1.807, 2.05) is 18.8 Å². The van der Waals surface area contributed by atoms with Gasteiger partial charge in [-0.2, -0.15) is 11.8 Å². The van der Waals surface area contributed by atoms with E-state index in [-0.39, 0.29) is 0 Å². The largest absolute Gasteiger partial charge is 0.360 e. The van der Waals surface area contributed by atoms with E-state index in [0.29, 0.717) is 12.0 Å². The summed E-state index contributed by atoms with van der Waals surface area (Å²) >= 11 is 1.85. The maximum Gasteiger partial charge on any atom is 0.0984 e. The molecule has 13 heavy (non-hydrogen) atoms. The van der Waals surface area contributed by atoms with E-state index in [2.05, 4.69) is 31.9 Å². The van der Waals surface area contributed by atoms with Crippen LogP contribution in [0.25, 0.3) is 0 Å². The van der Waals surface area contributed by atoms with E-state index in [0.717, 1.165) is 18.0 Å². The molecule has 0 aliphatic heterocycles. The van der Waals surface area contributed by atoms with Crippen LogP contribution in [0.1, 0.15) is 27.2 Å². The van der Waals surface area contributed by atoms with E-state index in [4.69, 9.17) is 5.41 Å². The Morgan fingerprint density at radius 3 is 2.31 bits per heavy atom. The molecule has 1 unspecified atom stereocenters. The molecule has 0 aliphatic rings. The Bertz CT molecular complexity index is 157. The third-order valence-corrected chi connectivity index (χ3v) is 3.02. The van der Waals surface area contributed by atoms with Gasteiger partial charge in [0.1, 0.15) is 0 Å². The first-order valence-electron chi connectivity index (χ1n) is 4.84. The van der Waals surface area contributed by atoms with Crippen LogP contribution in [0, 0.1) is 11.3 Å². The third kappa shape index (κ3) is 4.03. The molecule has 0 radical (unpaired) electrons. The van der Waals surface area contributed by atoms with Crippen LogP contribution in [0.4, 0.5) is 0 Å². The zero-order valence-electron chi connectivity index (χ0n) is 9.42. The van der Waals surface area contributed by atoms with Crippen molar-refractivity contribution in [3.63, 3.8) is 0 Å². The molecule has 78 valence electrons. The van der Waals surface area contributed by atoms with Gasteiger partial charge in [0.15, 0.2) is 0 Å². The standard InChI is InChI=1S/C10H22N2S/c1-6-9(7-13-5)12(4)10(11)8(2)3/h8-9,11H,6-7H2,1-5H3. The van der Waals surface area contributed by atoms with E-state index < -0.39 is 0 Å². The van der Waals surface area contributed by atoms with Gasteiger partial charge in [0.2, 0.25) is 0 Å². The molecule has 0 aliphatic carbocycles. The van der Waals surface area contributed by atoms with E-state index >= 15 is 0 Å². The summed E-state index contributed by atoms with van der Waals surface area (Å²) in [5, 5.41) is 7.88. The van der Waals surface area contributed by atoms with Crippen LogP contribution >= 0.6 is 11.8 Å². The van der Waals surface area contributed by atoms with Gasteiger partial charge < -0.3 is 4.90 Å². The quantitative estimate of drug-likeness (QED) is 0.548. The van der Waals surface area contributed by atoms with Crippen LogP contribution < -0.4 is 0 Å². The second-order valence-electron chi connectivity index (χ2n) is 3.67. The summed E-state index contributed by atoms with van der Waals surface area (Å²) in [5.74, 6) is 2.20. The monoisotopic (exact) mass is 202 g/mol. The summed E-state index contributed by atoms with van der Waals surface area (Å²) in [7, 11) is 2.03. The molecule has 0 fully saturated rings. The van der Waals surface area contributed by atoms with Crippen LogP contribution in [0.5, 0.6) is 0 Å². The van der Waals surface area contributed by atoms with Gasteiger partial charge in [-0.15, -0.1) is 0 Å². The fourth-order valence-electron chi connectivity index (χ4n) is 1.30. The van der Waals surface area contributed by atoms with E-state index in [1.165, 1.54) is 0 Å². The van der Waals surface area contributed by atoms with E-state index in [1.54, 1.807) is 0 Å². The first-order chi connectivity index (χ1) is 6.04. The minimum atomic E-state index is 0.334. The van der Waals surface area contributed by atoms with Crippen molar-refractivity contribution in [3.8, 4) is 0 Å². The highest BCUT2D eigenvalue weighted by atomic mass is 32.2. The fraction of sp³-hybridized carbons (Fsp3) is 0.900. The topological polar surface area (TPSA) is 27.1 Å². The number of rotatable bonds is 5. The minimum absolute atomic E-state index is 0.334. The second kappa shape index (κ2) is 6.30. The number of amidine groups is 1. The van der Waals surface area contributed by atoms with Gasteiger partial charge in [0, 0.05) is 24.8 Å². The predicted octanol–water partition coefficient (Wildman–Crippen LogP) is 2.69. The van der Waals surface area contributed by atoms with Crippen molar-refractivity contribution in [3.05, 3.63) is 0 Å². The highest BCUT2D eigenvalue weighted by Crippen LogP contribution is 2.11. The Labute approximate surface area is 86.6 Å². The minimum Gasteiger partial charge on any atom is -0.360 e. The van der Waals surface area contributed by atoms with Gasteiger partial charge in [-0.05, 0) is 12.7 Å². The highest BCUT2D eigenvalue weighted by molar-refractivity contribution is 7.98. The number of thioether (sulfide) groups is 1. The van der Waals surface area contributed by atoms with Gasteiger partial charge in [-0.25, -0.2) is 0 Å². The third-order valence-electron chi connectivity index (χ3n) is 2.30. The van der Waals surface area contributed by atoms with Crippen LogP contribution in [0.3, 0.4) is 0 Å². The number of hydrogen-bond donors (Lipinski definition) is 1. The first kappa shape index (κ1) is 12.8. The van der Waals surface area contributed by atoms with Gasteiger partial charge in [-0.3, -0.25) is 5.41 Å². The SMILES string of the molecule is CCC(CSC)N(C)C(=N)C(C)C. The molecule has 0 aromatic heterocycles. The molecular formula is C10H22N2S. The Balaban J connectivity index is 4.18. The van der Waals surface area contributed by atoms with Crippen LogP contribution in [-0.2, 0) is 0 Å². The summed E-state index contributed by atoms with van der Waals surface area (Å²) in [5.41, 5.74) is 0. The molecule has 0 saturated heterocycles. The Kier molecular flexibility index (Phi) is 6.21. The summed E-state index contributed by atoms with van der Waals surface area (Å²) in [6, 6.07) is 0.518. The highest BCUT2D eigenvalue weighted by Gasteiger charge is 2.16. The smallest absolute Gasteiger partial charge is 0.0984 e. The molecule has 0 amide bonds. The van der Waals surface area contributed by atoms with Gasteiger partial charge in [-0.1, -0.05) is 20.8 Å². The lowest BCUT2D eigenvalue weighted by Gasteiger charge is -2.30. The maximum atomic E-state index is 7.88. The first-order valence-corrected chi connectivity index (χ1v) is 6.24. The summed E-state index contributed by atoms with van der Waals surface area (Å²) in [6.07, 6.45) is 3.24. The Hall–Kier alpha value is -0.180. The van der Waals surface area contributed by atoms with Crippen molar-refractivity contribution in [2.24, 2.45) is 5.92 Å².